The summed E-state index contributed by atoms with van der Waals surface area (Å²) in [6.07, 6.45) is 1.51. The first-order valence-electron chi connectivity index (χ1n) is 10.4. The first-order chi connectivity index (χ1) is 15.2. The molecule has 0 amide bonds. The van der Waals surface area contributed by atoms with Gasteiger partial charge in [0, 0.05) is 18.7 Å². The number of hydrogen-bond acceptors (Lipinski definition) is 5. The summed E-state index contributed by atoms with van der Waals surface area (Å²) >= 11 is 0. The Kier molecular flexibility index (Phi) is 6.87. The van der Waals surface area contributed by atoms with Crippen molar-refractivity contribution in [1.82, 2.24) is 5.32 Å². The molecule has 3 aromatic carbocycles. The number of benzene rings is 3. The first kappa shape index (κ1) is 21.0. The van der Waals surface area contributed by atoms with E-state index in [2.05, 4.69) is 11.4 Å². The summed E-state index contributed by atoms with van der Waals surface area (Å²) in [7, 11) is 1.64. The van der Waals surface area contributed by atoms with E-state index in [-0.39, 0.29) is 0 Å². The van der Waals surface area contributed by atoms with Crippen molar-refractivity contribution >= 4 is 6.08 Å². The third kappa shape index (κ3) is 5.45. The molecule has 3 aromatic rings. The molecular formula is C26H27NO4. The largest absolute Gasteiger partial charge is 0.493 e. The van der Waals surface area contributed by atoms with E-state index in [4.69, 9.17) is 14.2 Å². The fourth-order valence-corrected chi connectivity index (χ4v) is 3.50. The number of nitrogens with one attached hydrogen (secondary N) is 1. The van der Waals surface area contributed by atoms with Gasteiger partial charge < -0.3 is 24.6 Å². The van der Waals surface area contributed by atoms with Gasteiger partial charge in [-0.2, -0.15) is 0 Å². The van der Waals surface area contributed by atoms with E-state index in [9.17, 15) is 5.11 Å². The van der Waals surface area contributed by atoms with Crippen LogP contribution in [0.4, 0.5) is 0 Å². The average molecular weight is 418 g/mol. The topological polar surface area (TPSA) is 60.0 Å². The molecule has 5 nitrogen and oxygen atoms in total. The smallest absolute Gasteiger partial charge is 0.168 e. The molecule has 0 radical (unpaired) electrons. The highest BCUT2D eigenvalue weighted by Gasteiger charge is 2.16. The highest BCUT2D eigenvalue weighted by Crippen LogP contribution is 2.35. The van der Waals surface area contributed by atoms with Gasteiger partial charge in [-0.1, -0.05) is 54.6 Å². The van der Waals surface area contributed by atoms with Crippen molar-refractivity contribution in [2.24, 2.45) is 0 Å². The predicted molar refractivity (Wildman–Crippen MR) is 122 cm³/mol. The minimum absolute atomic E-state index is 0.451. The summed E-state index contributed by atoms with van der Waals surface area (Å²) in [5, 5.41) is 13.8. The third-order valence-corrected chi connectivity index (χ3v) is 5.19. The Morgan fingerprint density at radius 1 is 1.00 bits per heavy atom. The van der Waals surface area contributed by atoms with Crippen LogP contribution < -0.4 is 19.5 Å². The molecule has 0 spiro atoms. The molecule has 5 heteroatoms. The number of hydrogen-bond donors (Lipinski definition) is 2. The summed E-state index contributed by atoms with van der Waals surface area (Å²) in [5.41, 5.74) is 4.10. The van der Waals surface area contributed by atoms with Crippen LogP contribution in [0.2, 0.25) is 0 Å². The lowest BCUT2D eigenvalue weighted by Gasteiger charge is -2.21. The second kappa shape index (κ2) is 10.2. The highest BCUT2D eigenvalue weighted by atomic mass is 16.5. The minimum atomic E-state index is -0.597. The molecule has 1 aliphatic heterocycles. The zero-order chi connectivity index (χ0) is 21.5. The van der Waals surface area contributed by atoms with Crippen LogP contribution in [0.15, 0.2) is 78.4 Å². The Labute approximate surface area is 182 Å². The molecule has 0 saturated heterocycles. The van der Waals surface area contributed by atoms with Crippen molar-refractivity contribution in [2.45, 2.75) is 12.7 Å². The quantitative estimate of drug-likeness (QED) is 0.541. The van der Waals surface area contributed by atoms with Crippen LogP contribution in [0.25, 0.3) is 6.08 Å². The van der Waals surface area contributed by atoms with Crippen LogP contribution in [0.3, 0.4) is 0 Å². The summed E-state index contributed by atoms with van der Waals surface area (Å²) in [5.74, 6) is 2.31. The van der Waals surface area contributed by atoms with Crippen LogP contribution in [-0.4, -0.2) is 31.9 Å². The Morgan fingerprint density at radius 2 is 1.81 bits per heavy atom. The number of aliphatic hydroxyl groups excluding tert-OH is 1. The maximum atomic E-state index is 10.5. The maximum absolute atomic E-state index is 10.5. The van der Waals surface area contributed by atoms with Crippen LogP contribution in [0.1, 0.15) is 22.8 Å². The molecule has 31 heavy (non-hydrogen) atoms. The van der Waals surface area contributed by atoms with E-state index >= 15 is 0 Å². The van der Waals surface area contributed by atoms with Gasteiger partial charge in [0.2, 0.25) is 0 Å². The van der Waals surface area contributed by atoms with E-state index in [0.717, 1.165) is 39.5 Å². The normalized spacial score (nSPS) is 13.5. The van der Waals surface area contributed by atoms with Gasteiger partial charge in [0.25, 0.3) is 0 Å². The Bertz CT molecular complexity index is 1020. The lowest BCUT2D eigenvalue weighted by atomic mass is 10.1. The summed E-state index contributed by atoms with van der Waals surface area (Å²) < 4.78 is 17.0. The van der Waals surface area contributed by atoms with Gasteiger partial charge in [0.1, 0.15) is 19.0 Å². The molecule has 2 N–H and O–H groups in total. The lowest BCUT2D eigenvalue weighted by molar-refractivity contribution is 0.175. The van der Waals surface area contributed by atoms with Crippen LogP contribution >= 0.6 is 0 Å². The average Bonchev–Trinajstić information content (AvgIpc) is 2.83. The maximum Gasteiger partial charge on any atom is 0.168 e. The zero-order valence-corrected chi connectivity index (χ0v) is 17.6. The SMILES string of the molecule is COc1cccc2c1OCC(CNCC(O)c1ccc(OCc3ccccc3)cc1)=C2. The van der Waals surface area contributed by atoms with E-state index in [1.807, 2.05) is 72.8 Å². The molecule has 0 aliphatic carbocycles. The monoisotopic (exact) mass is 417 g/mol. The molecule has 0 saturated carbocycles. The van der Waals surface area contributed by atoms with Gasteiger partial charge >= 0.3 is 0 Å². The second-order valence-electron chi connectivity index (χ2n) is 7.46. The van der Waals surface area contributed by atoms with E-state index in [1.54, 1.807) is 7.11 Å². The van der Waals surface area contributed by atoms with Crippen molar-refractivity contribution in [3.8, 4) is 17.2 Å². The molecule has 4 rings (SSSR count). The lowest BCUT2D eigenvalue weighted by Crippen LogP contribution is -2.26. The predicted octanol–water partition coefficient (Wildman–Crippen LogP) is 4.37. The molecule has 1 atom stereocenters. The minimum Gasteiger partial charge on any atom is -0.493 e. The highest BCUT2D eigenvalue weighted by molar-refractivity contribution is 5.66. The Morgan fingerprint density at radius 3 is 2.58 bits per heavy atom. The molecule has 0 bridgehead atoms. The number of fused-ring (bicyclic) bond motifs is 1. The molecule has 0 fully saturated rings. The fourth-order valence-electron chi connectivity index (χ4n) is 3.50. The first-order valence-corrected chi connectivity index (χ1v) is 10.4. The molecule has 1 heterocycles. The van der Waals surface area contributed by atoms with Crippen LogP contribution in [0, 0.1) is 0 Å². The number of ether oxygens (including phenoxy) is 3. The standard InChI is InChI=1S/C26H27NO4/c1-29-25-9-5-8-22-14-20(18-31-26(22)25)15-27-16-24(28)21-10-12-23(13-11-21)30-17-19-6-3-2-4-7-19/h2-14,24,27-28H,15-18H2,1H3. The summed E-state index contributed by atoms with van der Waals surface area (Å²) in [4.78, 5) is 0. The van der Waals surface area contributed by atoms with Gasteiger partial charge in [-0.3, -0.25) is 0 Å². The Balaban J connectivity index is 1.26. The molecule has 0 aromatic heterocycles. The molecule has 1 aliphatic rings. The van der Waals surface area contributed by atoms with Gasteiger partial charge in [0.15, 0.2) is 11.5 Å². The van der Waals surface area contributed by atoms with E-state index in [1.165, 1.54) is 0 Å². The Hall–Kier alpha value is -3.28. The third-order valence-electron chi connectivity index (χ3n) is 5.19. The van der Waals surface area contributed by atoms with Gasteiger partial charge in [-0.05, 0) is 41.0 Å². The van der Waals surface area contributed by atoms with Crippen molar-refractivity contribution < 1.29 is 19.3 Å². The van der Waals surface area contributed by atoms with Crippen molar-refractivity contribution in [1.29, 1.82) is 0 Å². The molecular weight excluding hydrogens is 390 g/mol. The van der Waals surface area contributed by atoms with E-state index in [0.29, 0.717) is 26.3 Å². The van der Waals surface area contributed by atoms with Crippen LogP contribution in [-0.2, 0) is 6.61 Å². The van der Waals surface area contributed by atoms with Gasteiger partial charge in [0.05, 0.1) is 13.2 Å². The van der Waals surface area contributed by atoms with Crippen LogP contribution in [0.5, 0.6) is 17.2 Å². The number of para-hydroxylation sites is 1. The van der Waals surface area contributed by atoms with Crippen molar-refractivity contribution in [2.75, 3.05) is 26.8 Å². The molecule has 160 valence electrons. The number of methoxy groups -OCH3 is 1. The number of rotatable bonds is 9. The summed E-state index contributed by atoms with van der Waals surface area (Å²) in [6, 6.07) is 23.5. The summed E-state index contributed by atoms with van der Waals surface area (Å²) in [6.45, 7) is 2.12. The second-order valence-corrected chi connectivity index (χ2v) is 7.46. The molecule has 1 unspecified atom stereocenters. The number of aliphatic hydroxyl groups is 1. The zero-order valence-electron chi connectivity index (χ0n) is 17.6. The van der Waals surface area contributed by atoms with E-state index < -0.39 is 6.10 Å². The van der Waals surface area contributed by atoms with Gasteiger partial charge in [-0.15, -0.1) is 0 Å². The fraction of sp³-hybridized carbons (Fsp3) is 0.231. The van der Waals surface area contributed by atoms with Crippen molar-refractivity contribution in [3.05, 3.63) is 95.1 Å². The van der Waals surface area contributed by atoms with Gasteiger partial charge in [-0.25, -0.2) is 0 Å². The van der Waals surface area contributed by atoms with Crippen molar-refractivity contribution in [3.63, 3.8) is 0 Å².